The van der Waals surface area contributed by atoms with Crippen LogP contribution in [0.1, 0.15) is 30.5 Å². The Morgan fingerprint density at radius 2 is 1.83 bits per heavy atom. The van der Waals surface area contributed by atoms with Crippen LogP contribution in [0.3, 0.4) is 0 Å². The van der Waals surface area contributed by atoms with Crippen molar-refractivity contribution in [3.8, 4) is 17.3 Å². The molecule has 0 aliphatic rings. The Balaban J connectivity index is 0.00000117. The zero-order valence-corrected chi connectivity index (χ0v) is 16.9. The number of rotatable bonds is 3. The number of pyridine rings is 1. The maximum Gasteiger partial charge on any atom is 0.242 e. The zero-order chi connectivity index (χ0) is 21.1. The topological polar surface area (TPSA) is 54.5 Å². The monoisotopic (exact) mass is 392 g/mol. The van der Waals surface area contributed by atoms with Gasteiger partial charge in [0.05, 0.1) is 28.9 Å². The molecule has 0 amide bonds. The lowest BCUT2D eigenvalue weighted by atomic mass is 9.98. The third kappa shape index (κ3) is 3.81. The highest BCUT2D eigenvalue weighted by molar-refractivity contribution is 6.11. The molecular formula is C23H22F2N4. The van der Waals surface area contributed by atoms with Crippen LogP contribution in [0.4, 0.5) is 8.78 Å². The highest BCUT2D eigenvalue weighted by Gasteiger charge is 2.17. The van der Waals surface area contributed by atoms with Gasteiger partial charge in [0.15, 0.2) is 0 Å². The second kappa shape index (κ2) is 8.36. The SMILES string of the molecule is CC.Cc1cc2c(cc1CC(F)F)ncc1c2c(-c2ccc(C#N)cc2)nn1C. The number of aryl methyl sites for hydroxylation is 2. The van der Waals surface area contributed by atoms with Crippen LogP contribution in [0.2, 0.25) is 0 Å². The van der Waals surface area contributed by atoms with E-state index < -0.39 is 6.43 Å². The lowest BCUT2D eigenvalue weighted by Crippen LogP contribution is -2.00. The van der Waals surface area contributed by atoms with Gasteiger partial charge in [0.25, 0.3) is 0 Å². The molecule has 4 rings (SSSR count). The van der Waals surface area contributed by atoms with Gasteiger partial charge < -0.3 is 0 Å². The molecule has 0 radical (unpaired) electrons. The van der Waals surface area contributed by atoms with Crippen LogP contribution >= 0.6 is 0 Å². The first-order valence-electron chi connectivity index (χ1n) is 9.51. The summed E-state index contributed by atoms with van der Waals surface area (Å²) in [6.45, 7) is 5.84. The second-order valence-corrected chi connectivity index (χ2v) is 6.57. The van der Waals surface area contributed by atoms with Gasteiger partial charge in [-0.1, -0.05) is 26.0 Å². The number of halogens is 2. The van der Waals surface area contributed by atoms with E-state index in [0.29, 0.717) is 16.6 Å². The summed E-state index contributed by atoms with van der Waals surface area (Å²) in [5.41, 5.74) is 5.21. The number of hydrogen-bond donors (Lipinski definition) is 0. The minimum absolute atomic E-state index is 0.281. The van der Waals surface area contributed by atoms with Crippen molar-refractivity contribution in [2.45, 2.75) is 33.6 Å². The highest BCUT2D eigenvalue weighted by Crippen LogP contribution is 2.34. The van der Waals surface area contributed by atoms with Gasteiger partial charge in [-0.2, -0.15) is 10.4 Å². The van der Waals surface area contributed by atoms with Crippen LogP contribution in [-0.2, 0) is 13.5 Å². The summed E-state index contributed by atoms with van der Waals surface area (Å²) < 4.78 is 27.5. The Labute approximate surface area is 168 Å². The molecule has 0 saturated carbocycles. The van der Waals surface area contributed by atoms with E-state index in [1.807, 2.05) is 46.0 Å². The van der Waals surface area contributed by atoms with Crippen molar-refractivity contribution in [3.63, 3.8) is 0 Å². The molecule has 0 bridgehead atoms. The fourth-order valence-corrected chi connectivity index (χ4v) is 3.42. The van der Waals surface area contributed by atoms with E-state index in [0.717, 1.165) is 33.1 Å². The van der Waals surface area contributed by atoms with Crippen molar-refractivity contribution in [1.29, 1.82) is 5.26 Å². The van der Waals surface area contributed by atoms with E-state index in [-0.39, 0.29) is 6.42 Å². The van der Waals surface area contributed by atoms with Crippen molar-refractivity contribution >= 4 is 21.8 Å². The largest absolute Gasteiger partial charge is 0.266 e. The molecule has 0 aliphatic carbocycles. The third-order valence-corrected chi connectivity index (χ3v) is 4.80. The average molecular weight is 392 g/mol. The first kappa shape index (κ1) is 20.4. The number of aromatic nitrogens is 3. The van der Waals surface area contributed by atoms with Crippen molar-refractivity contribution in [2.24, 2.45) is 7.05 Å². The smallest absolute Gasteiger partial charge is 0.242 e. The van der Waals surface area contributed by atoms with Gasteiger partial charge in [-0.15, -0.1) is 0 Å². The summed E-state index contributed by atoms with van der Waals surface area (Å²) in [7, 11) is 1.85. The van der Waals surface area contributed by atoms with Crippen LogP contribution in [-0.4, -0.2) is 21.2 Å². The number of fused-ring (bicyclic) bond motifs is 3. The van der Waals surface area contributed by atoms with Crippen LogP contribution in [0.15, 0.2) is 42.6 Å². The Morgan fingerprint density at radius 1 is 1.14 bits per heavy atom. The van der Waals surface area contributed by atoms with E-state index in [2.05, 4.69) is 16.2 Å². The molecule has 0 N–H and O–H groups in total. The molecule has 0 spiro atoms. The molecule has 29 heavy (non-hydrogen) atoms. The van der Waals surface area contributed by atoms with Crippen LogP contribution in [0.25, 0.3) is 33.1 Å². The summed E-state index contributed by atoms with van der Waals surface area (Å²) in [6, 6.07) is 13.0. The Kier molecular flexibility index (Phi) is 5.88. The molecule has 2 heterocycles. The lowest BCUT2D eigenvalue weighted by Gasteiger charge is -2.09. The van der Waals surface area contributed by atoms with Gasteiger partial charge in [0.2, 0.25) is 6.43 Å². The van der Waals surface area contributed by atoms with E-state index in [1.54, 1.807) is 29.1 Å². The second-order valence-electron chi connectivity index (χ2n) is 6.57. The predicted molar refractivity (Wildman–Crippen MR) is 112 cm³/mol. The molecule has 0 fully saturated rings. The predicted octanol–water partition coefficient (Wildman–Crippen LogP) is 5.80. The van der Waals surface area contributed by atoms with Gasteiger partial charge >= 0.3 is 0 Å². The highest BCUT2D eigenvalue weighted by atomic mass is 19.3. The standard InChI is InChI=1S/C21H16F2N4.C2H6/c1-12-7-16-17(8-15(12)9-19(22)23)25-11-18-20(16)21(26-27(18)2)14-5-3-13(10-24)4-6-14;1-2/h3-8,11,19H,9H2,1-2H3;1-2H3. The number of benzene rings is 2. The van der Waals surface area contributed by atoms with Crippen molar-refractivity contribution < 1.29 is 8.78 Å². The van der Waals surface area contributed by atoms with Crippen LogP contribution in [0.5, 0.6) is 0 Å². The normalized spacial score (nSPS) is 10.8. The molecule has 6 heteroatoms. The summed E-state index contributed by atoms with van der Waals surface area (Å²) in [5.74, 6) is 0. The summed E-state index contributed by atoms with van der Waals surface area (Å²) in [5, 5.41) is 15.5. The molecular weight excluding hydrogens is 370 g/mol. The van der Waals surface area contributed by atoms with Gasteiger partial charge in [0.1, 0.15) is 5.69 Å². The minimum atomic E-state index is -2.39. The first-order valence-corrected chi connectivity index (χ1v) is 9.51. The molecule has 0 aliphatic heterocycles. The average Bonchev–Trinajstić information content (AvgIpc) is 3.07. The fraction of sp³-hybridized carbons (Fsp3) is 0.261. The fourth-order valence-electron chi connectivity index (χ4n) is 3.42. The Hall–Kier alpha value is -3.33. The van der Waals surface area contributed by atoms with Gasteiger partial charge in [0, 0.05) is 29.8 Å². The molecule has 4 nitrogen and oxygen atoms in total. The molecule has 2 aromatic heterocycles. The van der Waals surface area contributed by atoms with E-state index >= 15 is 0 Å². The molecule has 148 valence electrons. The van der Waals surface area contributed by atoms with Crippen LogP contribution < -0.4 is 0 Å². The van der Waals surface area contributed by atoms with Crippen molar-refractivity contribution in [1.82, 2.24) is 14.8 Å². The number of alkyl halides is 2. The lowest BCUT2D eigenvalue weighted by molar-refractivity contribution is 0.149. The Morgan fingerprint density at radius 3 is 2.45 bits per heavy atom. The summed E-state index contributed by atoms with van der Waals surface area (Å²) >= 11 is 0. The summed E-state index contributed by atoms with van der Waals surface area (Å²) in [6.07, 6.45) is -0.950. The van der Waals surface area contributed by atoms with Gasteiger partial charge in [-0.05, 0) is 42.3 Å². The van der Waals surface area contributed by atoms with E-state index in [4.69, 9.17) is 5.26 Å². The van der Waals surface area contributed by atoms with Gasteiger partial charge in [-0.3, -0.25) is 9.67 Å². The Bertz CT molecular complexity index is 1200. The molecule has 2 aromatic carbocycles. The number of nitrogens with zero attached hydrogens (tertiary/aromatic N) is 4. The molecule has 0 saturated heterocycles. The molecule has 4 aromatic rings. The maximum atomic E-state index is 12.8. The molecule has 0 atom stereocenters. The van der Waals surface area contributed by atoms with Crippen LogP contribution in [0, 0.1) is 18.3 Å². The number of hydrogen-bond acceptors (Lipinski definition) is 3. The first-order chi connectivity index (χ1) is 14.0. The molecule has 0 unspecified atom stereocenters. The third-order valence-electron chi connectivity index (χ3n) is 4.80. The minimum Gasteiger partial charge on any atom is -0.266 e. The summed E-state index contributed by atoms with van der Waals surface area (Å²) in [4.78, 5) is 4.46. The quantitative estimate of drug-likeness (QED) is 0.443. The number of nitriles is 1. The van der Waals surface area contributed by atoms with Gasteiger partial charge in [-0.25, -0.2) is 8.78 Å². The van der Waals surface area contributed by atoms with E-state index in [9.17, 15) is 8.78 Å². The maximum absolute atomic E-state index is 12.8. The zero-order valence-electron chi connectivity index (χ0n) is 16.9. The van der Waals surface area contributed by atoms with Crippen molar-refractivity contribution in [2.75, 3.05) is 0 Å². The van der Waals surface area contributed by atoms with Crippen molar-refractivity contribution in [3.05, 3.63) is 59.3 Å². The van der Waals surface area contributed by atoms with E-state index in [1.165, 1.54) is 0 Å².